The van der Waals surface area contributed by atoms with Crippen LogP contribution in [0.4, 0.5) is 10.1 Å². The molecule has 2 aromatic rings. The third-order valence-electron chi connectivity index (χ3n) is 4.33. The first-order valence-electron chi connectivity index (χ1n) is 8.06. The summed E-state index contributed by atoms with van der Waals surface area (Å²) < 4.78 is 46.1. The van der Waals surface area contributed by atoms with E-state index in [9.17, 15) is 17.6 Å². The van der Waals surface area contributed by atoms with E-state index in [1.54, 1.807) is 38.3 Å². The van der Waals surface area contributed by atoms with E-state index in [0.29, 0.717) is 30.0 Å². The van der Waals surface area contributed by atoms with E-state index >= 15 is 0 Å². The van der Waals surface area contributed by atoms with Gasteiger partial charge < -0.3 is 9.64 Å². The van der Waals surface area contributed by atoms with Gasteiger partial charge in [-0.3, -0.25) is 4.79 Å². The van der Waals surface area contributed by atoms with Crippen molar-refractivity contribution < 1.29 is 22.3 Å². The molecule has 1 amide bonds. The predicted octanol–water partition coefficient (Wildman–Crippen LogP) is 2.23. The van der Waals surface area contributed by atoms with Gasteiger partial charge in [0.05, 0.1) is 12.0 Å². The van der Waals surface area contributed by atoms with Crippen LogP contribution in [0.25, 0.3) is 0 Å². The van der Waals surface area contributed by atoms with Crippen LogP contribution in [0.1, 0.15) is 12.0 Å². The number of amides is 1. The number of hydrogen-bond acceptors (Lipinski definition) is 4. The van der Waals surface area contributed by atoms with Crippen molar-refractivity contribution in [1.29, 1.82) is 0 Å². The van der Waals surface area contributed by atoms with Crippen molar-refractivity contribution in [3.05, 3.63) is 53.8 Å². The van der Waals surface area contributed by atoms with Crippen LogP contribution in [0.5, 0.6) is 5.75 Å². The molecule has 2 aromatic carbocycles. The molecule has 1 heterocycles. The lowest BCUT2D eigenvalue weighted by atomic mass is 10.2. The molecule has 1 fully saturated rings. The van der Waals surface area contributed by atoms with Crippen LogP contribution < -0.4 is 14.4 Å². The van der Waals surface area contributed by atoms with Crippen molar-refractivity contribution in [3.63, 3.8) is 0 Å². The summed E-state index contributed by atoms with van der Waals surface area (Å²) in [5, 5.41) is 0. The van der Waals surface area contributed by atoms with Gasteiger partial charge in [-0.2, -0.15) is 4.72 Å². The van der Waals surface area contributed by atoms with E-state index in [1.807, 2.05) is 0 Å². The molecule has 0 saturated carbocycles. The highest BCUT2D eigenvalue weighted by atomic mass is 32.2. The minimum atomic E-state index is -4.00. The Morgan fingerprint density at radius 3 is 2.54 bits per heavy atom. The summed E-state index contributed by atoms with van der Waals surface area (Å²) in [5.41, 5.74) is 1.08. The summed E-state index contributed by atoms with van der Waals surface area (Å²) in [5.74, 6) is -0.319. The smallest absolute Gasteiger partial charge is 0.245 e. The zero-order chi connectivity index (χ0) is 18.9. The molecule has 1 aliphatic heterocycles. The van der Waals surface area contributed by atoms with E-state index in [-0.39, 0.29) is 10.8 Å². The molecule has 138 valence electrons. The quantitative estimate of drug-likeness (QED) is 0.866. The second-order valence-corrected chi connectivity index (χ2v) is 7.74. The van der Waals surface area contributed by atoms with Gasteiger partial charge >= 0.3 is 0 Å². The van der Waals surface area contributed by atoms with Crippen LogP contribution >= 0.6 is 0 Å². The fraction of sp³-hybridized carbons (Fsp3) is 0.278. The number of aryl methyl sites for hydroxylation is 1. The highest BCUT2D eigenvalue weighted by Crippen LogP contribution is 2.25. The van der Waals surface area contributed by atoms with Crippen LogP contribution in [0.15, 0.2) is 47.4 Å². The zero-order valence-corrected chi connectivity index (χ0v) is 15.2. The Bertz CT molecular complexity index is 929. The van der Waals surface area contributed by atoms with Gasteiger partial charge in [0.1, 0.15) is 17.6 Å². The standard InChI is InChI=1S/C18H19FN2O4S/c1-12-3-4-13(19)11-17(12)26(23,24)20-16-9-10-21(18(16)22)14-5-7-15(25-2)8-6-14/h3-8,11,16,20H,9-10H2,1-2H3/t16-/m1/s1. The predicted molar refractivity (Wildman–Crippen MR) is 95.2 cm³/mol. The van der Waals surface area contributed by atoms with Crippen LogP contribution in [0.2, 0.25) is 0 Å². The number of carbonyl (C=O) groups excluding carboxylic acids is 1. The van der Waals surface area contributed by atoms with Crippen LogP contribution in [0.3, 0.4) is 0 Å². The van der Waals surface area contributed by atoms with Crippen LogP contribution in [-0.4, -0.2) is 34.0 Å². The average molecular weight is 378 g/mol. The first kappa shape index (κ1) is 18.3. The largest absolute Gasteiger partial charge is 0.497 e. The van der Waals surface area contributed by atoms with E-state index < -0.39 is 21.9 Å². The fourth-order valence-corrected chi connectivity index (χ4v) is 4.40. The highest BCUT2D eigenvalue weighted by Gasteiger charge is 2.36. The molecule has 3 rings (SSSR count). The molecule has 0 spiro atoms. The summed E-state index contributed by atoms with van der Waals surface area (Å²) in [4.78, 5) is 14.0. The summed E-state index contributed by atoms with van der Waals surface area (Å²) >= 11 is 0. The van der Waals surface area contributed by atoms with Gasteiger partial charge in [-0.1, -0.05) is 6.07 Å². The van der Waals surface area contributed by atoms with E-state index in [1.165, 1.54) is 17.0 Å². The molecule has 0 unspecified atom stereocenters. The SMILES string of the molecule is COc1ccc(N2CC[C@@H](NS(=O)(=O)c3cc(F)ccc3C)C2=O)cc1. The van der Waals surface area contributed by atoms with Gasteiger partial charge in [0.15, 0.2) is 0 Å². The monoisotopic (exact) mass is 378 g/mol. The lowest BCUT2D eigenvalue weighted by molar-refractivity contribution is -0.118. The molecule has 0 aromatic heterocycles. The Balaban J connectivity index is 1.78. The van der Waals surface area contributed by atoms with Gasteiger partial charge in [0.25, 0.3) is 0 Å². The Labute approximate surface area is 151 Å². The van der Waals surface area contributed by atoms with Gasteiger partial charge in [-0.05, 0) is 55.3 Å². The highest BCUT2D eigenvalue weighted by molar-refractivity contribution is 7.89. The molecule has 1 N–H and O–H groups in total. The van der Waals surface area contributed by atoms with Crippen molar-refractivity contribution in [2.75, 3.05) is 18.6 Å². The molecular formula is C18H19FN2O4S. The Morgan fingerprint density at radius 2 is 1.88 bits per heavy atom. The maximum absolute atomic E-state index is 13.4. The van der Waals surface area contributed by atoms with E-state index in [2.05, 4.69) is 4.72 Å². The molecule has 8 heteroatoms. The minimum Gasteiger partial charge on any atom is -0.497 e. The van der Waals surface area contributed by atoms with Crippen molar-refractivity contribution >= 4 is 21.6 Å². The molecule has 0 aliphatic carbocycles. The average Bonchev–Trinajstić information content (AvgIpc) is 2.97. The number of methoxy groups -OCH3 is 1. The zero-order valence-electron chi connectivity index (χ0n) is 14.4. The number of nitrogens with one attached hydrogen (secondary N) is 1. The maximum atomic E-state index is 13.4. The molecule has 0 bridgehead atoms. The molecule has 1 saturated heterocycles. The molecule has 26 heavy (non-hydrogen) atoms. The van der Waals surface area contributed by atoms with Crippen molar-refractivity contribution in [2.45, 2.75) is 24.3 Å². The third kappa shape index (κ3) is 3.56. The first-order chi connectivity index (χ1) is 12.3. The number of rotatable bonds is 5. The van der Waals surface area contributed by atoms with Gasteiger partial charge in [0, 0.05) is 12.2 Å². The van der Waals surface area contributed by atoms with E-state index in [0.717, 1.165) is 6.07 Å². The maximum Gasteiger partial charge on any atom is 0.245 e. The number of ether oxygens (including phenoxy) is 1. The molecule has 0 radical (unpaired) electrons. The van der Waals surface area contributed by atoms with E-state index in [4.69, 9.17) is 4.74 Å². The molecule has 1 aliphatic rings. The third-order valence-corrected chi connectivity index (χ3v) is 5.94. The van der Waals surface area contributed by atoms with Crippen LogP contribution in [-0.2, 0) is 14.8 Å². The Kier molecular flexibility index (Phi) is 4.97. The lowest BCUT2D eigenvalue weighted by Crippen LogP contribution is -2.41. The second kappa shape index (κ2) is 7.05. The molecule has 6 nitrogen and oxygen atoms in total. The summed E-state index contributed by atoms with van der Waals surface area (Å²) in [6, 6.07) is 9.61. The molecule has 1 atom stereocenters. The normalized spacial score (nSPS) is 17.6. The van der Waals surface area contributed by atoms with Gasteiger partial charge in [-0.25, -0.2) is 12.8 Å². The summed E-state index contributed by atoms with van der Waals surface area (Å²) in [6.45, 7) is 1.97. The second-order valence-electron chi connectivity index (χ2n) is 6.06. The number of carbonyl (C=O) groups is 1. The minimum absolute atomic E-state index is 0.159. The fourth-order valence-electron chi connectivity index (χ4n) is 2.92. The van der Waals surface area contributed by atoms with Crippen molar-refractivity contribution in [1.82, 2.24) is 4.72 Å². The lowest BCUT2D eigenvalue weighted by Gasteiger charge is -2.18. The Hall–Kier alpha value is -2.45. The van der Waals surface area contributed by atoms with Crippen molar-refractivity contribution in [3.8, 4) is 5.75 Å². The topological polar surface area (TPSA) is 75.7 Å². The number of sulfonamides is 1. The van der Waals surface area contributed by atoms with Crippen molar-refractivity contribution in [2.24, 2.45) is 0 Å². The number of anilines is 1. The Morgan fingerprint density at radius 1 is 1.19 bits per heavy atom. The number of halogens is 1. The number of nitrogens with zero attached hydrogens (tertiary/aromatic N) is 1. The summed E-state index contributed by atoms with van der Waals surface area (Å²) in [6.07, 6.45) is 0.332. The molecular weight excluding hydrogens is 359 g/mol. The summed E-state index contributed by atoms with van der Waals surface area (Å²) in [7, 11) is -2.45. The van der Waals surface area contributed by atoms with Gasteiger partial charge in [0.2, 0.25) is 15.9 Å². The van der Waals surface area contributed by atoms with Gasteiger partial charge in [-0.15, -0.1) is 0 Å². The first-order valence-corrected chi connectivity index (χ1v) is 9.54. The van der Waals surface area contributed by atoms with Crippen LogP contribution in [0, 0.1) is 12.7 Å². The number of hydrogen-bond donors (Lipinski definition) is 1. The number of benzene rings is 2.